The van der Waals surface area contributed by atoms with Gasteiger partial charge >= 0.3 is 6.09 Å². The molecule has 1 saturated heterocycles. The first-order valence-electron chi connectivity index (χ1n) is 10.1. The standard InChI is InChI=1S/C23H31N3O3/c1-23(2,3)29-22(27)25-18-12-13-26(16-18)21(15-24)17-8-7-11-20(14-17)28-19-9-5-4-6-10-19/h4-11,14,18,21H,12-13,15-16,24H2,1-3H3,(H,25,27)/t18-,21-/m0/s1. The van der Waals surface area contributed by atoms with Crippen LogP contribution in [0.5, 0.6) is 11.5 Å². The lowest BCUT2D eigenvalue weighted by atomic mass is 10.1. The number of para-hydroxylation sites is 1. The summed E-state index contributed by atoms with van der Waals surface area (Å²) in [5.41, 5.74) is 6.73. The van der Waals surface area contributed by atoms with Crippen LogP contribution in [0.2, 0.25) is 0 Å². The number of carbonyl (C=O) groups is 1. The van der Waals surface area contributed by atoms with Gasteiger partial charge in [-0.1, -0.05) is 30.3 Å². The number of carbonyl (C=O) groups excluding carboxylic acids is 1. The third-order valence-electron chi connectivity index (χ3n) is 4.83. The van der Waals surface area contributed by atoms with Gasteiger partial charge in [0, 0.05) is 31.7 Å². The van der Waals surface area contributed by atoms with E-state index in [1.807, 2.05) is 69.3 Å². The van der Waals surface area contributed by atoms with Crippen LogP contribution < -0.4 is 15.8 Å². The second-order valence-electron chi connectivity index (χ2n) is 8.37. The Labute approximate surface area is 173 Å². The fourth-order valence-electron chi connectivity index (χ4n) is 3.57. The molecule has 29 heavy (non-hydrogen) atoms. The first-order chi connectivity index (χ1) is 13.8. The van der Waals surface area contributed by atoms with Crippen LogP contribution in [0.1, 0.15) is 38.8 Å². The molecule has 3 rings (SSSR count). The molecule has 2 aromatic rings. The summed E-state index contributed by atoms with van der Waals surface area (Å²) in [4.78, 5) is 14.4. The fraction of sp³-hybridized carbons (Fsp3) is 0.435. The minimum Gasteiger partial charge on any atom is -0.457 e. The molecule has 1 fully saturated rings. The molecule has 1 aliphatic heterocycles. The highest BCUT2D eigenvalue weighted by Gasteiger charge is 2.30. The Balaban J connectivity index is 1.63. The first-order valence-corrected chi connectivity index (χ1v) is 10.1. The Hall–Kier alpha value is -2.57. The maximum Gasteiger partial charge on any atom is 0.407 e. The second-order valence-corrected chi connectivity index (χ2v) is 8.37. The summed E-state index contributed by atoms with van der Waals surface area (Å²) in [5.74, 6) is 1.59. The van der Waals surface area contributed by atoms with E-state index in [0.717, 1.165) is 36.6 Å². The molecule has 2 aromatic carbocycles. The molecule has 2 atom stereocenters. The van der Waals surface area contributed by atoms with Crippen molar-refractivity contribution < 1.29 is 14.3 Å². The molecular formula is C23H31N3O3. The number of nitrogens with two attached hydrogens (primary N) is 1. The highest BCUT2D eigenvalue weighted by atomic mass is 16.6. The van der Waals surface area contributed by atoms with E-state index in [-0.39, 0.29) is 18.2 Å². The van der Waals surface area contributed by atoms with Gasteiger partial charge in [-0.25, -0.2) is 4.79 Å². The van der Waals surface area contributed by atoms with Crippen molar-refractivity contribution in [2.75, 3.05) is 19.6 Å². The maximum atomic E-state index is 12.1. The van der Waals surface area contributed by atoms with E-state index in [1.165, 1.54) is 0 Å². The Kier molecular flexibility index (Phi) is 6.77. The van der Waals surface area contributed by atoms with Gasteiger partial charge in [-0.05, 0) is 57.0 Å². The molecule has 6 nitrogen and oxygen atoms in total. The summed E-state index contributed by atoms with van der Waals surface area (Å²) in [6.45, 7) is 7.69. The van der Waals surface area contributed by atoms with E-state index in [9.17, 15) is 4.79 Å². The molecule has 6 heteroatoms. The quantitative estimate of drug-likeness (QED) is 0.768. The highest BCUT2D eigenvalue weighted by Crippen LogP contribution is 2.29. The molecule has 156 valence electrons. The van der Waals surface area contributed by atoms with Gasteiger partial charge in [-0.15, -0.1) is 0 Å². The Morgan fingerprint density at radius 2 is 1.90 bits per heavy atom. The predicted molar refractivity (Wildman–Crippen MR) is 114 cm³/mol. The Bertz CT molecular complexity index is 805. The van der Waals surface area contributed by atoms with Gasteiger partial charge in [0.1, 0.15) is 17.1 Å². The highest BCUT2D eigenvalue weighted by molar-refractivity contribution is 5.68. The van der Waals surface area contributed by atoms with Gasteiger partial charge in [0.15, 0.2) is 0 Å². The maximum absolute atomic E-state index is 12.1. The number of ether oxygens (including phenoxy) is 2. The lowest BCUT2D eigenvalue weighted by molar-refractivity contribution is 0.0504. The van der Waals surface area contributed by atoms with Crippen molar-refractivity contribution in [3.63, 3.8) is 0 Å². The van der Waals surface area contributed by atoms with E-state index in [2.05, 4.69) is 16.3 Å². The second kappa shape index (κ2) is 9.29. The third kappa shape index (κ3) is 6.21. The smallest absolute Gasteiger partial charge is 0.407 e. The molecule has 1 heterocycles. The van der Waals surface area contributed by atoms with Crippen molar-refractivity contribution in [1.82, 2.24) is 10.2 Å². The lowest BCUT2D eigenvalue weighted by Crippen LogP contribution is -2.41. The third-order valence-corrected chi connectivity index (χ3v) is 4.83. The number of rotatable bonds is 6. The zero-order chi connectivity index (χ0) is 20.9. The Morgan fingerprint density at radius 3 is 2.59 bits per heavy atom. The molecule has 0 spiro atoms. The normalized spacial score (nSPS) is 18.3. The number of amides is 1. The number of hydrogen-bond acceptors (Lipinski definition) is 5. The van der Waals surface area contributed by atoms with Crippen LogP contribution in [-0.4, -0.2) is 42.3 Å². The van der Waals surface area contributed by atoms with Crippen LogP contribution in [0.3, 0.4) is 0 Å². The van der Waals surface area contributed by atoms with Gasteiger partial charge in [0.25, 0.3) is 0 Å². The van der Waals surface area contributed by atoms with Gasteiger partial charge in [-0.2, -0.15) is 0 Å². The van der Waals surface area contributed by atoms with Crippen molar-refractivity contribution in [3.05, 3.63) is 60.2 Å². The topological polar surface area (TPSA) is 76.8 Å². The van der Waals surface area contributed by atoms with Gasteiger partial charge < -0.3 is 20.5 Å². The molecule has 0 radical (unpaired) electrons. The number of likely N-dealkylation sites (tertiary alicyclic amines) is 1. The minimum absolute atomic E-state index is 0.0580. The number of nitrogens with one attached hydrogen (secondary N) is 1. The average molecular weight is 398 g/mol. The number of alkyl carbamates (subject to hydrolysis) is 1. The molecular weight excluding hydrogens is 366 g/mol. The summed E-state index contributed by atoms with van der Waals surface area (Å²) < 4.78 is 11.3. The van der Waals surface area contributed by atoms with Crippen LogP contribution in [0.4, 0.5) is 4.79 Å². The summed E-state index contributed by atoms with van der Waals surface area (Å²) in [6.07, 6.45) is 0.502. The summed E-state index contributed by atoms with van der Waals surface area (Å²) >= 11 is 0. The molecule has 1 amide bonds. The first kappa shape index (κ1) is 21.1. The molecule has 0 bridgehead atoms. The molecule has 0 aromatic heterocycles. The van der Waals surface area contributed by atoms with Crippen LogP contribution in [0.25, 0.3) is 0 Å². The van der Waals surface area contributed by atoms with Crippen molar-refractivity contribution in [2.45, 2.75) is 44.9 Å². The summed E-state index contributed by atoms with van der Waals surface area (Å²) in [5, 5.41) is 2.97. The average Bonchev–Trinajstić information content (AvgIpc) is 3.10. The number of benzene rings is 2. The van der Waals surface area contributed by atoms with Crippen LogP contribution in [0, 0.1) is 0 Å². The zero-order valence-electron chi connectivity index (χ0n) is 17.4. The largest absolute Gasteiger partial charge is 0.457 e. The fourth-order valence-corrected chi connectivity index (χ4v) is 3.57. The molecule has 0 aliphatic carbocycles. The minimum atomic E-state index is -0.499. The molecule has 0 unspecified atom stereocenters. The summed E-state index contributed by atoms with van der Waals surface area (Å²) in [7, 11) is 0. The van der Waals surface area contributed by atoms with Gasteiger partial charge in [0.05, 0.1) is 0 Å². The monoisotopic (exact) mass is 397 g/mol. The van der Waals surface area contributed by atoms with Crippen LogP contribution >= 0.6 is 0 Å². The van der Waals surface area contributed by atoms with Crippen LogP contribution in [0.15, 0.2) is 54.6 Å². The predicted octanol–water partition coefficient (Wildman–Crippen LogP) is 4.08. The summed E-state index contributed by atoms with van der Waals surface area (Å²) in [6, 6.07) is 17.9. The SMILES string of the molecule is CC(C)(C)OC(=O)N[C@H]1CCN([C@@H](CN)c2cccc(Oc3ccccc3)c2)C1. The molecule has 0 saturated carbocycles. The Morgan fingerprint density at radius 1 is 1.17 bits per heavy atom. The molecule has 1 aliphatic rings. The van der Waals surface area contributed by atoms with Crippen LogP contribution in [-0.2, 0) is 4.74 Å². The molecule has 3 N–H and O–H groups in total. The van der Waals surface area contributed by atoms with Gasteiger partial charge in [-0.3, -0.25) is 4.90 Å². The van der Waals surface area contributed by atoms with E-state index in [4.69, 9.17) is 15.2 Å². The van der Waals surface area contributed by atoms with E-state index < -0.39 is 5.60 Å². The van der Waals surface area contributed by atoms with E-state index in [1.54, 1.807) is 0 Å². The van der Waals surface area contributed by atoms with E-state index >= 15 is 0 Å². The van der Waals surface area contributed by atoms with Crippen molar-refractivity contribution in [1.29, 1.82) is 0 Å². The van der Waals surface area contributed by atoms with Gasteiger partial charge in [0.2, 0.25) is 0 Å². The van der Waals surface area contributed by atoms with Crippen molar-refractivity contribution in [3.8, 4) is 11.5 Å². The van der Waals surface area contributed by atoms with Crippen molar-refractivity contribution >= 4 is 6.09 Å². The lowest BCUT2D eigenvalue weighted by Gasteiger charge is -2.27. The number of hydrogen-bond donors (Lipinski definition) is 2. The van der Waals surface area contributed by atoms with Crippen molar-refractivity contribution in [2.24, 2.45) is 5.73 Å². The zero-order valence-corrected chi connectivity index (χ0v) is 17.4. The van der Waals surface area contributed by atoms with E-state index in [0.29, 0.717) is 6.54 Å². The number of nitrogens with zero attached hydrogens (tertiary/aromatic N) is 1.